The molecule has 1 unspecified atom stereocenters. The number of anilines is 1. The number of rotatable bonds is 5. The van der Waals surface area contributed by atoms with E-state index in [0.717, 1.165) is 0 Å². The Morgan fingerprint density at radius 3 is 2.72 bits per heavy atom. The van der Waals surface area contributed by atoms with E-state index < -0.39 is 10.0 Å². The largest absolute Gasteiger partial charge is 0.398 e. The highest BCUT2D eigenvalue weighted by atomic mass is 32.2. The van der Waals surface area contributed by atoms with Crippen molar-refractivity contribution in [2.75, 3.05) is 12.3 Å². The summed E-state index contributed by atoms with van der Waals surface area (Å²) < 4.78 is 27.1. The summed E-state index contributed by atoms with van der Waals surface area (Å²) in [6.45, 7) is 4.32. The molecule has 5 heteroatoms. The van der Waals surface area contributed by atoms with Gasteiger partial charge in [-0.2, -0.15) is 0 Å². The molecule has 2 rings (SSSR count). The first kappa shape index (κ1) is 13.4. The molecule has 1 aliphatic rings. The molecule has 0 aliphatic heterocycles. The highest BCUT2D eigenvalue weighted by molar-refractivity contribution is 7.89. The molecule has 0 heterocycles. The SMILES string of the molecule is Cc1c(N)cccc1S(=O)(=O)NCC(C)C1CC1. The molecular formula is C13H20N2O2S. The fourth-order valence-corrected chi connectivity index (χ4v) is 3.49. The molecule has 1 saturated carbocycles. The van der Waals surface area contributed by atoms with E-state index >= 15 is 0 Å². The molecule has 1 atom stereocenters. The third-order valence-electron chi connectivity index (χ3n) is 3.64. The second-order valence-corrected chi connectivity index (χ2v) is 6.87. The van der Waals surface area contributed by atoms with Gasteiger partial charge >= 0.3 is 0 Å². The molecule has 3 N–H and O–H groups in total. The van der Waals surface area contributed by atoms with E-state index in [1.54, 1.807) is 25.1 Å². The van der Waals surface area contributed by atoms with Crippen molar-refractivity contribution >= 4 is 15.7 Å². The molecule has 1 aromatic carbocycles. The van der Waals surface area contributed by atoms with Gasteiger partial charge in [-0.3, -0.25) is 0 Å². The second kappa shape index (κ2) is 4.90. The quantitative estimate of drug-likeness (QED) is 0.801. The number of hydrogen-bond acceptors (Lipinski definition) is 3. The molecule has 0 spiro atoms. The summed E-state index contributed by atoms with van der Waals surface area (Å²) in [5, 5.41) is 0. The van der Waals surface area contributed by atoms with Crippen LogP contribution in [0.2, 0.25) is 0 Å². The summed E-state index contributed by atoms with van der Waals surface area (Å²) >= 11 is 0. The van der Waals surface area contributed by atoms with Crippen LogP contribution in [0.15, 0.2) is 23.1 Å². The van der Waals surface area contributed by atoms with Crippen LogP contribution in [0.1, 0.15) is 25.3 Å². The zero-order chi connectivity index (χ0) is 13.3. The van der Waals surface area contributed by atoms with E-state index in [-0.39, 0.29) is 4.90 Å². The van der Waals surface area contributed by atoms with Crippen LogP contribution < -0.4 is 10.5 Å². The van der Waals surface area contributed by atoms with Crippen molar-refractivity contribution in [3.8, 4) is 0 Å². The lowest BCUT2D eigenvalue weighted by Crippen LogP contribution is -2.29. The van der Waals surface area contributed by atoms with Crippen molar-refractivity contribution in [1.29, 1.82) is 0 Å². The molecule has 0 aromatic heterocycles. The molecule has 100 valence electrons. The van der Waals surface area contributed by atoms with Crippen LogP contribution in [0.3, 0.4) is 0 Å². The molecule has 0 bridgehead atoms. The lowest BCUT2D eigenvalue weighted by atomic mass is 10.1. The molecule has 4 nitrogen and oxygen atoms in total. The molecule has 18 heavy (non-hydrogen) atoms. The monoisotopic (exact) mass is 268 g/mol. The van der Waals surface area contributed by atoms with Gasteiger partial charge in [-0.1, -0.05) is 13.0 Å². The number of benzene rings is 1. The van der Waals surface area contributed by atoms with Crippen LogP contribution in [0.4, 0.5) is 5.69 Å². The van der Waals surface area contributed by atoms with Crippen molar-refractivity contribution in [3.63, 3.8) is 0 Å². The van der Waals surface area contributed by atoms with Crippen LogP contribution in [0, 0.1) is 18.8 Å². The van der Waals surface area contributed by atoms with Gasteiger partial charge in [-0.25, -0.2) is 13.1 Å². The first-order valence-electron chi connectivity index (χ1n) is 6.26. The number of hydrogen-bond donors (Lipinski definition) is 2. The smallest absolute Gasteiger partial charge is 0.240 e. The second-order valence-electron chi connectivity index (χ2n) is 5.14. The average molecular weight is 268 g/mol. The van der Waals surface area contributed by atoms with Crippen LogP contribution in [-0.4, -0.2) is 15.0 Å². The number of nitrogens with two attached hydrogens (primary N) is 1. The van der Waals surface area contributed by atoms with Gasteiger partial charge in [0.2, 0.25) is 10.0 Å². The molecule has 0 radical (unpaired) electrons. The van der Waals surface area contributed by atoms with Crippen molar-refractivity contribution in [3.05, 3.63) is 23.8 Å². The molecular weight excluding hydrogens is 248 g/mol. The predicted octanol–water partition coefficient (Wildman–Crippen LogP) is 1.90. The van der Waals surface area contributed by atoms with Gasteiger partial charge in [0.25, 0.3) is 0 Å². The maximum atomic E-state index is 12.2. The van der Waals surface area contributed by atoms with Gasteiger partial charge in [0, 0.05) is 12.2 Å². The Morgan fingerprint density at radius 2 is 2.11 bits per heavy atom. The number of nitrogens with one attached hydrogen (secondary N) is 1. The van der Waals surface area contributed by atoms with E-state index in [2.05, 4.69) is 11.6 Å². The lowest BCUT2D eigenvalue weighted by molar-refractivity contribution is 0.491. The zero-order valence-electron chi connectivity index (χ0n) is 10.8. The molecule has 1 aliphatic carbocycles. The van der Waals surface area contributed by atoms with E-state index in [9.17, 15) is 8.42 Å². The minimum absolute atomic E-state index is 0.283. The van der Waals surface area contributed by atoms with E-state index in [1.165, 1.54) is 12.8 Å². The van der Waals surface area contributed by atoms with Crippen LogP contribution >= 0.6 is 0 Å². The third kappa shape index (κ3) is 2.84. The standard InChI is InChI=1S/C13H20N2O2S/c1-9(11-6-7-11)8-15-18(16,17)13-5-3-4-12(14)10(13)2/h3-5,9,11,15H,6-8,14H2,1-2H3. The van der Waals surface area contributed by atoms with Gasteiger partial charge in [0.05, 0.1) is 4.90 Å². The van der Waals surface area contributed by atoms with Crippen molar-refractivity contribution in [2.45, 2.75) is 31.6 Å². The van der Waals surface area contributed by atoms with Crippen molar-refractivity contribution in [2.24, 2.45) is 11.8 Å². The summed E-state index contributed by atoms with van der Waals surface area (Å²) in [6, 6.07) is 4.97. The van der Waals surface area contributed by atoms with Crippen molar-refractivity contribution in [1.82, 2.24) is 4.72 Å². The van der Waals surface area contributed by atoms with E-state index in [4.69, 9.17) is 5.73 Å². The first-order chi connectivity index (χ1) is 8.42. The fraction of sp³-hybridized carbons (Fsp3) is 0.538. The highest BCUT2D eigenvalue weighted by Crippen LogP contribution is 2.36. The van der Waals surface area contributed by atoms with Crippen LogP contribution in [0.5, 0.6) is 0 Å². The van der Waals surface area contributed by atoms with Gasteiger partial charge < -0.3 is 5.73 Å². The summed E-state index contributed by atoms with van der Waals surface area (Å²) in [5.41, 5.74) is 6.86. The Balaban J connectivity index is 2.12. The third-order valence-corrected chi connectivity index (χ3v) is 5.21. The topological polar surface area (TPSA) is 72.2 Å². The lowest BCUT2D eigenvalue weighted by Gasteiger charge is -2.14. The molecule has 0 saturated heterocycles. The Labute approximate surface area is 109 Å². The number of sulfonamides is 1. The Morgan fingerprint density at radius 1 is 1.44 bits per heavy atom. The van der Waals surface area contributed by atoms with Crippen LogP contribution in [0.25, 0.3) is 0 Å². The van der Waals surface area contributed by atoms with E-state index in [0.29, 0.717) is 29.6 Å². The van der Waals surface area contributed by atoms with E-state index in [1.807, 2.05) is 0 Å². The number of nitrogen functional groups attached to an aromatic ring is 1. The van der Waals surface area contributed by atoms with Gasteiger partial charge in [-0.15, -0.1) is 0 Å². The van der Waals surface area contributed by atoms with Crippen LogP contribution in [-0.2, 0) is 10.0 Å². The predicted molar refractivity (Wildman–Crippen MR) is 72.7 cm³/mol. The minimum atomic E-state index is -3.44. The summed E-state index contributed by atoms with van der Waals surface area (Å²) in [5.74, 6) is 1.09. The first-order valence-corrected chi connectivity index (χ1v) is 7.75. The maximum absolute atomic E-state index is 12.2. The summed E-state index contributed by atoms with van der Waals surface area (Å²) in [6.07, 6.45) is 2.44. The molecule has 0 amide bonds. The Bertz CT molecular complexity index is 536. The normalized spacial score (nSPS) is 17.7. The average Bonchev–Trinajstić information content (AvgIpc) is 3.13. The van der Waals surface area contributed by atoms with Gasteiger partial charge in [-0.05, 0) is 49.3 Å². The Kier molecular flexibility index (Phi) is 3.64. The molecule has 1 fully saturated rings. The van der Waals surface area contributed by atoms with Crippen molar-refractivity contribution < 1.29 is 8.42 Å². The highest BCUT2D eigenvalue weighted by Gasteiger charge is 2.29. The van der Waals surface area contributed by atoms with Gasteiger partial charge in [0.1, 0.15) is 0 Å². The minimum Gasteiger partial charge on any atom is -0.398 e. The summed E-state index contributed by atoms with van der Waals surface area (Å²) in [7, 11) is -3.44. The maximum Gasteiger partial charge on any atom is 0.240 e. The fourth-order valence-electron chi connectivity index (χ4n) is 2.07. The summed E-state index contributed by atoms with van der Waals surface area (Å²) in [4.78, 5) is 0.283. The zero-order valence-corrected chi connectivity index (χ0v) is 11.6. The van der Waals surface area contributed by atoms with Gasteiger partial charge in [0.15, 0.2) is 0 Å². The molecule has 1 aromatic rings. The Hall–Kier alpha value is -1.07.